The number of H-pyrrole nitrogens is 1. The lowest BCUT2D eigenvalue weighted by Crippen LogP contribution is -2.25. The number of fused-ring (bicyclic) bond motifs is 1. The largest absolute Gasteiger partial charge is 0.459 e. The summed E-state index contributed by atoms with van der Waals surface area (Å²) in [7, 11) is 0. The molecule has 1 aromatic carbocycles. The molecule has 0 aliphatic heterocycles. The number of benzene rings is 1. The van der Waals surface area contributed by atoms with E-state index in [4.69, 9.17) is 16.3 Å². The summed E-state index contributed by atoms with van der Waals surface area (Å²) in [6.45, 7) is 1.86. The molecule has 1 aliphatic carbocycles. The molecule has 23 heavy (non-hydrogen) atoms. The first-order valence-electron chi connectivity index (χ1n) is 8.15. The minimum absolute atomic E-state index is 0.0468. The molecule has 0 radical (unpaired) electrons. The van der Waals surface area contributed by atoms with Crippen molar-refractivity contribution in [1.82, 2.24) is 4.98 Å². The number of halogens is 1. The predicted octanol–water partition coefficient (Wildman–Crippen LogP) is 4.23. The molecule has 2 aromatic rings. The summed E-state index contributed by atoms with van der Waals surface area (Å²) >= 11 is 6.08. The standard InChI is InChI=1S/C18H20ClNO3/c1-2-13-16(18(22)23-12-6-4-3-5-7-12)14-10-11(19)8-9-15(14)20-17(13)21/h8-10,12H,2-7H2,1H3,(H,20,21). The van der Waals surface area contributed by atoms with E-state index in [0.29, 0.717) is 33.5 Å². The molecule has 1 aromatic heterocycles. The molecule has 1 fully saturated rings. The quantitative estimate of drug-likeness (QED) is 0.855. The van der Waals surface area contributed by atoms with Gasteiger partial charge >= 0.3 is 5.97 Å². The third kappa shape index (κ3) is 3.27. The molecule has 5 heteroatoms. The van der Waals surface area contributed by atoms with Crippen molar-refractivity contribution in [3.63, 3.8) is 0 Å². The minimum Gasteiger partial charge on any atom is -0.459 e. The van der Waals surface area contributed by atoms with Crippen molar-refractivity contribution in [2.24, 2.45) is 0 Å². The van der Waals surface area contributed by atoms with Gasteiger partial charge in [0.25, 0.3) is 5.56 Å². The monoisotopic (exact) mass is 333 g/mol. The normalized spacial score (nSPS) is 15.7. The molecular formula is C18H20ClNO3. The van der Waals surface area contributed by atoms with Crippen LogP contribution in [0.2, 0.25) is 5.02 Å². The maximum atomic E-state index is 12.8. The number of aromatic amines is 1. The van der Waals surface area contributed by atoms with Crippen LogP contribution in [-0.4, -0.2) is 17.1 Å². The van der Waals surface area contributed by atoms with Crippen LogP contribution in [0.15, 0.2) is 23.0 Å². The molecule has 0 atom stereocenters. The van der Waals surface area contributed by atoms with Gasteiger partial charge in [-0.15, -0.1) is 0 Å². The Morgan fingerprint density at radius 1 is 1.30 bits per heavy atom. The molecule has 1 heterocycles. The highest BCUT2D eigenvalue weighted by atomic mass is 35.5. The molecule has 0 saturated heterocycles. The van der Waals surface area contributed by atoms with Crippen molar-refractivity contribution in [3.8, 4) is 0 Å². The number of aromatic nitrogens is 1. The highest BCUT2D eigenvalue weighted by Crippen LogP contribution is 2.26. The fourth-order valence-electron chi connectivity index (χ4n) is 3.27. The molecule has 1 N–H and O–H groups in total. The molecule has 122 valence electrons. The second-order valence-electron chi connectivity index (χ2n) is 6.02. The van der Waals surface area contributed by atoms with Crippen LogP contribution in [0.4, 0.5) is 0 Å². The van der Waals surface area contributed by atoms with Crippen molar-refractivity contribution >= 4 is 28.5 Å². The summed E-state index contributed by atoms with van der Waals surface area (Å²) in [5, 5.41) is 1.17. The molecule has 0 unspecified atom stereocenters. The second-order valence-corrected chi connectivity index (χ2v) is 6.45. The van der Waals surface area contributed by atoms with Crippen molar-refractivity contribution in [2.75, 3.05) is 0 Å². The van der Waals surface area contributed by atoms with Gasteiger partial charge in [0.1, 0.15) is 6.10 Å². The van der Waals surface area contributed by atoms with Gasteiger partial charge < -0.3 is 9.72 Å². The van der Waals surface area contributed by atoms with Crippen LogP contribution in [0.5, 0.6) is 0 Å². The van der Waals surface area contributed by atoms with Gasteiger partial charge in [-0.05, 0) is 50.3 Å². The van der Waals surface area contributed by atoms with Crippen LogP contribution in [0.3, 0.4) is 0 Å². The zero-order chi connectivity index (χ0) is 16.4. The number of rotatable bonds is 3. The van der Waals surface area contributed by atoms with E-state index in [1.165, 1.54) is 6.42 Å². The van der Waals surface area contributed by atoms with Gasteiger partial charge in [0.2, 0.25) is 0 Å². The number of carbonyl (C=O) groups excluding carboxylic acids is 1. The van der Waals surface area contributed by atoms with Crippen LogP contribution in [0.1, 0.15) is 54.9 Å². The van der Waals surface area contributed by atoms with E-state index in [-0.39, 0.29) is 11.7 Å². The molecule has 1 aliphatic rings. The second kappa shape index (κ2) is 6.75. The molecule has 4 nitrogen and oxygen atoms in total. The third-order valence-electron chi connectivity index (χ3n) is 4.46. The van der Waals surface area contributed by atoms with E-state index >= 15 is 0 Å². The molecule has 3 rings (SSSR count). The topological polar surface area (TPSA) is 59.2 Å². The van der Waals surface area contributed by atoms with Gasteiger partial charge in [0.05, 0.1) is 5.56 Å². The molecular weight excluding hydrogens is 314 g/mol. The Bertz CT molecular complexity index is 791. The lowest BCUT2D eigenvalue weighted by Gasteiger charge is -2.22. The number of hydrogen-bond acceptors (Lipinski definition) is 3. The van der Waals surface area contributed by atoms with Gasteiger partial charge in [0.15, 0.2) is 0 Å². The number of hydrogen-bond donors (Lipinski definition) is 1. The van der Waals surface area contributed by atoms with Crippen LogP contribution >= 0.6 is 11.6 Å². The average Bonchev–Trinajstić information content (AvgIpc) is 2.55. The van der Waals surface area contributed by atoms with E-state index in [0.717, 1.165) is 25.7 Å². The zero-order valence-corrected chi connectivity index (χ0v) is 13.9. The minimum atomic E-state index is -0.410. The number of pyridine rings is 1. The highest BCUT2D eigenvalue weighted by molar-refractivity contribution is 6.31. The summed E-state index contributed by atoms with van der Waals surface area (Å²) in [6.07, 6.45) is 5.57. The first kappa shape index (κ1) is 16.1. The Hall–Kier alpha value is -1.81. The predicted molar refractivity (Wildman–Crippen MR) is 91.2 cm³/mol. The molecule has 1 saturated carbocycles. The van der Waals surface area contributed by atoms with Crippen molar-refractivity contribution < 1.29 is 9.53 Å². The first-order chi connectivity index (χ1) is 11.1. The lowest BCUT2D eigenvalue weighted by molar-refractivity contribution is 0.0212. The van der Waals surface area contributed by atoms with Crippen LogP contribution < -0.4 is 5.56 Å². The number of carbonyl (C=O) groups is 1. The first-order valence-corrected chi connectivity index (χ1v) is 8.53. The molecule has 0 amide bonds. The summed E-state index contributed by atoms with van der Waals surface area (Å²) in [6, 6.07) is 5.13. The number of ether oxygens (including phenoxy) is 1. The van der Waals surface area contributed by atoms with Gasteiger partial charge in [0, 0.05) is 21.5 Å². The van der Waals surface area contributed by atoms with E-state index < -0.39 is 5.97 Å². The van der Waals surface area contributed by atoms with Crippen molar-refractivity contribution in [2.45, 2.75) is 51.6 Å². The SMILES string of the molecule is CCc1c(C(=O)OC2CCCCC2)c2cc(Cl)ccc2[nH]c1=O. The summed E-state index contributed by atoms with van der Waals surface area (Å²) < 4.78 is 5.69. The molecule has 0 bridgehead atoms. The van der Waals surface area contributed by atoms with Crippen LogP contribution in [0, 0.1) is 0 Å². The molecule has 0 spiro atoms. The zero-order valence-electron chi connectivity index (χ0n) is 13.2. The van der Waals surface area contributed by atoms with E-state index in [1.54, 1.807) is 18.2 Å². The average molecular weight is 334 g/mol. The van der Waals surface area contributed by atoms with Crippen molar-refractivity contribution in [1.29, 1.82) is 0 Å². The van der Waals surface area contributed by atoms with Gasteiger partial charge in [-0.2, -0.15) is 0 Å². The van der Waals surface area contributed by atoms with Crippen LogP contribution in [0.25, 0.3) is 10.9 Å². The van der Waals surface area contributed by atoms with Gasteiger partial charge in [-0.1, -0.05) is 24.9 Å². The number of nitrogens with one attached hydrogen (secondary N) is 1. The van der Waals surface area contributed by atoms with E-state index in [1.807, 2.05) is 6.92 Å². The maximum Gasteiger partial charge on any atom is 0.339 e. The fourth-order valence-corrected chi connectivity index (χ4v) is 3.44. The lowest BCUT2D eigenvalue weighted by atomic mass is 9.97. The highest BCUT2D eigenvalue weighted by Gasteiger charge is 2.24. The van der Waals surface area contributed by atoms with E-state index in [2.05, 4.69) is 4.98 Å². The Morgan fingerprint density at radius 2 is 2.04 bits per heavy atom. The summed E-state index contributed by atoms with van der Waals surface area (Å²) in [5.74, 6) is -0.410. The maximum absolute atomic E-state index is 12.8. The Labute approximate surface area is 139 Å². The summed E-state index contributed by atoms with van der Waals surface area (Å²) in [5.41, 5.74) is 1.19. The third-order valence-corrected chi connectivity index (χ3v) is 4.69. The number of esters is 1. The Balaban J connectivity index is 2.07. The van der Waals surface area contributed by atoms with Crippen LogP contribution in [-0.2, 0) is 11.2 Å². The smallest absolute Gasteiger partial charge is 0.339 e. The van der Waals surface area contributed by atoms with Gasteiger partial charge in [-0.3, -0.25) is 4.79 Å². The fraction of sp³-hybridized carbons (Fsp3) is 0.444. The Morgan fingerprint density at radius 3 is 2.74 bits per heavy atom. The Kier molecular flexibility index (Phi) is 4.71. The van der Waals surface area contributed by atoms with Crippen molar-refractivity contribution in [3.05, 3.63) is 44.7 Å². The van der Waals surface area contributed by atoms with E-state index in [9.17, 15) is 9.59 Å². The summed E-state index contributed by atoms with van der Waals surface area (Å²) in [4.78, 5) is 27.8. The van der Waals surface area contributed by atoms with Gasteiger partial charge in [-0.25, -0.2) is 4.79 Å².